The summed E-state index contributed by atoms with van der Waals surface area (Å²) >= 11 is 6.19. The third kappa shape index (κ3) is 3.37. The van der Waals surface area contributed by atoms with Crippen molar-refractivity contribution in [3.05, 3.63) is 41.0 Å². The van der Waals surface area contributed by atoms with Crippen LogP contribution in [0.2, 0.25) is 5.02 Å². The van der Waals surface area contributed by atoms with Gasteiger partial charge in [-0.2, -0.15) is 0 Å². The minimum absolute atomic E-state index is 0.386. The minimum atomic E-state index is -0.499. The molecule has 1 aromatic heterocycles. The molecule has 1 aliphatic rings. The van der Waals surface area contributed by atoms with E-state index < -0.39 is 6.10 Å². The van der Waals surface area contributed by atoms with Gasteiger partial charge in [0, 0.05) is 28.8 Å². The second-order valence-electron chi connectivity index (χ2n) is 5.62. The maximum atomic E-state index is 10.5. The normalized spacial score (nSPS) is 20.0. The molecule has 1 aromatic carbocycles. The molecule has 21 heavy (non-hydrogen) atoms. The van der Waals surface area contributed by atoms with Crippen molar-refractivity contribution in [2.24, 2.45) is 0 Å². The van der Waals surface area contributed by atoms with Crippen LogP contribution in [0.25, 0.3) is 10.9 Å². The highest BCUT2D eigenvalue weighted by Crippen LogP contribution is 2.31. The number of halogens is 1. The Labute approximate surface area is 129 Å². The number of rotatable bonds is 5. The quantitative estimate of drug-likeness (QED) is 0.897. The zero-order valence-corrected chi connectivity index (χ0v) is 12.7. The molecule has 3 nitrogen and oxygen atoms in total. The molecule has 2 atom stereocenters. The highest BCUT2D eigenvalue weighted by Gasteiger charge is 2.17. The van der Waals surface area contributed by atoms with Gasteiger partial charge in [0.2, 0.25) is 0 Å². The molecule has 2 heterocycles. The molecule has 3 rings (SSSR count). The fourth-order valence-corrected chi connectivity index (χ4v) is 3.21. The topological polar surface area (TPSA) is 42.4 Å². The summed E-state index contributed by atoms with van der Waals surface area (Å²) in [5.41, 5.74) is 1.66. The third-order valence-electron chi connectivity index (χ3n) is 4.13. The first kappa shape index (κ1) is 14.8. The lowest BCUT2D eigenvalue weighted by molar-refractivity contribution is 0.0946. The number of aliphatic hydroxyl groups excluding tert-OH is 1. The molecule has 0 saturated carbocycles. The minimum Gasteiger partial charge on any atom is -0.388 e. The van der Waals surface area contributed by atoms with E-state index in [0.717, 1.165) is 48.8 Å². The molecule has 1 saturated heterocycles. The zero-order chi connectivity index (χ0) is 14.7. The molecule has 4 heteroatoms. The van der Waals surface area contributed by atoms with Crippen LogP contribution in [0.3, 0.4) is 0 Å². The van der Waals surface area contributed by atoms with Gasteiger partial charge in [0.15, 0.2) is 0 Å². The van der Waals surface area contributed by atoms with E-state index in [4.69, 9.17) is 16.3 Å². The smallest absolute Gasteiger partial charge is 0.0811 e. The third-order valence-corrected chi connectivity index (χ3v) is 4.46. The van der Waals surface area contributed by atoms with Crippen LogP contribution >= 0.6 is 11.6 Å². The molecule has 0 spiro atoms. The van der Waals surface area contributed by atoms with Crippen molar-refractivity contribution in [1.82, 2.24) is 4.98 Å². The van der Waals surface area contributed by atoms with Gasteiger partial charge in [-0.25, -0.2) is 0 Å². The predicted octanol–water partition coefficient (Wildman–Crippen LogP) is 4.27. The number of ether oxygens (including phenoxy) is 1. The first-order valence-corrected chi connectivity index (χ1v) is 7.96. The van der Waals surface area contributed by atoms with Crippen molar-refractivity contribution in [3.63, 3.8) is 0 Å². The van der Waals surface area contributed by atoms with E-state index in [0.29, 0.717) is 11.1 Å². The van der Waals surface area contributed by atoms with E-state index in [1.54, 1.807) is 6.20 Å². The van der Waals surface area contributed by atoms with Crippen molar-refractivity contribution in [1.29, 1.82) is 0 Å². The Morgan fingerprint density at radius 1 is 1.38 bits per heavy atom. The van der Waals surface area contributed by atoms with Crippen molar-refractivity contribution < 1.29 is 9.84 Å². The van der Waals surface area contributed by atoms with Gasteiger partial charge in [-0.1, -0.05) is 17.7 Å². The highest BCUT2D eigenvalue weighted by molar-refractivity contribution is 6.35. The molecule has 1 N–H and O–H groups in total. The van der Waals surface area contributed by atoms with Crippen LogP contribution in [-0.4, -0.2) is 22.8 Å². The molecular formula is C17H20ClNO2. The average molecular weight is 306 g/mol. The SMILES string of the molecule is OC(CCCC1CCCO1)c1ccc(Cl)c2cccnc12. The molecule has 112 valence electrons. The lowest BCUT2D eigenvalue weighted by Crippen LogP contribution is -2.06. The van der Waals surface area contributed by atoms with Gasteiger partial charge in [-0.3, -0.25) is 4.98 Å². The average Bonchev–Trinajstić information content (AvgIpc) is 3.01. The van der Waals surface area contributed by atoms with Crippen LogP contribution in [0.5, 0.6) is 0 Å². The molecule has 2 unspecified atom stereocenters. The molecule has 0 bridgehead atoms. The van der Waals surface area contributed by atoms with Crippen LogP contribution < -0.4 is 0 Å². The lowest BCUT2D eigenvalue weighted by atomic mass is 9.99. The van der Waals surface area contributed by atoms with E-state index in [9.17, 15) is 5.11 Å². The molecule has 0 radical (unpaired) electrons. The second-order valence-corrected chi connectivity index (χ2v) is 6.03. The molecule has 2 aromatic rings. The summed E-state index contributed by atoms with van der Waals surface area (Å²) < 4.78 is 5.62. The lowest BCUT2D eigenvalue weighted by Gasteiger charge is -2.15. The molecule has 0 amide bonds. The van der Waals surface area contributed by atoms with E-state index in [1.807, 2.05) is 24.3 Å². The summed E-state index contributed by atoms with van der Waals surface area (Å²) in [6.45, 7) is 0.888. The Kier molecular flexibility index (Phi) is 4.73. The van der Waals surface area contributed by atoms with Crippen LogP contribution in [0.15, 0.2) is 30.5 Å². The molecule has 0 aliphatic carbocycles. The van der Waals surface area contributed by atoms with Gasteiger partial charge in [0.25, 0.3) is 0 Å². The molecule has 1 fully saturated rings. The summed E-state index contributed by atoms with van der Waals surface area (Å²) in [6.07, 6.45) is 6.66. The number of hydrogen-bond donors (Lipinski definition) is 1. The Hall–Kier alpha value is -1.16. The summed E-state index contributed by atoms with van der Waals surface area (Å²) in [5, 5.41) is 12.0. The van der Waals surface area contributed by atoms with Gasteiger partial charge in [0.1, 0.15) is 0 Å². The van der Waals surface area contributed by atoms with Crippen molar-refractivity contribution in [3.8, 4) is 0 Å². The Morgan fingerprint density at radius 3 is 3.10 bits per heavy atom. The largest absolute Gasteiger partial charge is 0.388 e. The molecule has 1 aliphatic heterocycles. The number of pyridine rings is 1. The number of benzene rings is 1. The maximum Gasteiger partial charge on any atom is 0.0811 e. The van der Waals surface area contributed by atoms with Crippen LogP contribution in [0, 0.1) is 0 Å². The first-order valence-electron chi connectivity index (χ1n) is 7.58. The summed E-state index contributed by atoms with van der Waals surface area (Å²) in [5.74, 6) is 0. The first-order chi connectivity index (χ1) is 10.3. The number of nitrogens with zero attached hydrogens (tertiary/aromatic N) is 1. The highest BCUT2D eigenvalue weighted by atomic mass is 35.5. The number of aliphatic hydroxyl groups is 1. The molecular weight excluding hydrogens is 286 g/mol. The summed E-state index contributed by atoms with van der Waals surface area (Å²) in [6, 6.07) is 7.52. The van der Waals surface area contributed by atoms with Crippen molar-refractivity contribution >= 4 is 22.5 Å². The van der Waals surface area contributed by atoms with Gasteiger partial charge in [-0.05, 0) is 50.3 Å². The van der Waals surface area contributed by atoms with E-state index in [2.05, 4.69) is 4.98 Å². The standard InChI is InChI=1S/C17H20ClNO2/c18-15-9-8-14(17-13(15)6-2-10-19-17)16(20)7-1-4-12-5-3-11-21-12/h2,6,8-10,12,16,20H,1,3-5,7,11H2. The monoisotopic (exact) mass is 305 g/mol. The fraction of sp³-hybridized carbons (Fsp3) is 0.471. The Bertz CT molecular complexity index is 611. The Morgan fingerprint density at radius 2 is 2.29 bits per heavy atom. The van der Waals surface area contributed by atoms with Crippen LogP contribution in [0.4, 0.5) is 0 Å². The van der Waals surface area contributed by atoms with Gasteiger partial charge < -0.3 is 9.84 Å². The van der Waals surface area contributed by atoms with E-state index >= 15 is 0 Å². The summed E-state index contributed by atoms with van der Waals surface area (Å²) in [7, 11) is 0. The number of aromatic nitrogens is 1. The van der Waals surface area contributed by atoms with Gasteiger partial charge in [-0.15, -0.1) is 0 Å². The number of fused-ring (bicyclic) bond motifs is 1. The number of hydrogen-bond acceptors (Lipinski definition) is 3. The Balaban J connectivity index is 1.69. The van der Waals surface area contributed by atoms with Crippen molar-refractivity contribution in [2.75, 3.05) is 6.61 Å². The predicted molar refractivity (Wildman–Crippen MR) is 84.5 cm³/mol. The zero-order valence-electron chi connectivity index (χ0n) is 12.0. The van der Waals surface area contributed by atoms with Crippen molar-refractivity contribution in [2.45, 2.75) is 44.3 Å². The second kappa shape index (κ2) is 6.73. The fourth-order valence-electron chi connectivity index (χ4n) is 2.99. The van der Waals surface area contributed by atoms with Crippen LogP contribution in [-0.2, 0) is 4.74 Å². The maximum absolute atomic E-state index is 10.5. The van der Waals surface area contributed by atoms with E-state index in [-0.39, 0.29) is 0 Å². The van der Waals surface area contributed by atoms with E-state index in [1.165, 1.54) is 6.42 Å². The van der Waals surface area contributed by atoms with Gasteiger partial charge >= 0.3 is 0 Å². The van der Waals surface area contributed by atoms with Gasteiger partial charge in [0.05, 0.1) is 17.7 Å². The summed E-state index contributed by atoms with van der Waals surface area (Å²) in [4.78, 5) is 4.38. The van der Waals surface area contributed by atoms with Crippen LogP contribution in [0.1, 0.15) is 43.8 Å².